The average Bonchev–Trinajstić information content (AvgIpc) is 3.11. The fourth-order valence-corrected chi connectivity index (χ4v) is 4.67. The van der Waals surface area contributed by atoms with Crippen molar-refractivity contribution in [1.29, 1.82) is 0 Å². The van der Waals surface area contributed by atoms with Gasteiger partial charge < -0.3 is 14.8 Å². The van der Waals surface area contributed by atoms with Crippen molar-refractivity contribution in [3.63, 3.8) is 0 Å². The third kappa shape index (κ3) is 6.32. The van der Waals surface area contributed by atoms with Gasteiger partial charge in [0.05, 0.1) is 16.5 Å². The smallest absolute Gasteiger partial charge is 0.294 e. The van der Waals surface area contributed by atoms with Crippen LogP contribution in [0.15, 0.2) is 76.1 Å². The third-order valence-electron chi connectivity index (χ3n) is 5.09. The number of imide groups is 1. The van der Waals surface area contributed by atoms with Gasteiger partial charge >= 0.3 is 0 Å². The normalized spacial score (nSPS) is 14.3. The Bertz CT molecular complexity index is 1350. The number of halogens is 2. The van der Waals surface area contributed by atoms with Crippen LogP contribution in [0.3, 0.4) is 0 Å². The number of nitrogens with one attached hydrogen (secondary N) is 1. The predicted molar refractivity (Wildman–Crippen MR) is 139 cm³/mol. The summed E-state index contributed by atoms with van der Waals surface area (Å²) < 4.78 is 24.8. The van der Waals surface area contributed by atoms with E-state index in [4.69, 9.17) is 9.47 Å². The Labute approximate surface area is 219 Å². The molecule has 7 nitrogen and oxygen atoms in total. The zero-order valence-electron chi connectivity index (χ0n) is 19.0. The lowest BCUT2D eigenvalue weighted by atomic mass is 10.2. The number of methoxy groups -OCH3 is 1. The van der Waals surface area contributed by atoms with Crippen molar-refractivity contribution >= 4 is 56.5 Å². The van der Waals surface area contributed by atoms with E-state index < -0.39 is 23.6 Å². The number of ether oxygens (including phenoxy) is 2. The molecule has 36 heavy (non-hydrogen) atoms. The van der Waals surface area contributed by atoms with Crippen LogP contribution in [0.2, 0.25) is 0 Å². The summed E-state index contributed by atoms with van der Waals surface area (Å²) in [6.07, 6.45) is 1.58. The van der Waals surface area contributed by atoms with Crippen molar-refractivity contribution in [2.45, 2.75) is 6.61 Å². The van der Waals surface area contributed by atoms with Crippen LogP contribution in [0.1, 0.15) is 11.1 Å². The Morgan fingerprint density at radius 3 is 2.58 bits per heavy atom. The van der Waals surface area contributed by atoms with Crippen molar-refractivity contribution in [2.24, 2.45) is 0 Å². The van der Waals surface area contributed by atoms with Crippen molar-refractivity contribution in [3.8, 4) is 11.5 Å². The Hall–Kier alpha value is -3.63. The van der Waals surface area contributed by atoms with E-state index in [0.29, 0.717) is 32.8 Å². The summed E-state index contributed by atoms with van der Waals surface area (Å²) in [5.41, 5.74) is 1.87. The van der Waals surface area contributed by atoms with Crippen molar-refractivity contribution in [1.82, 2.24) is 4.90 Å². The maximum atomic E-state index is 13.3. The molecule has 0 bridgehead atoms. The maximum Gasteiger partial charge on any atom is 0.294 e. The largest absolute Gasteiger partial charge is 0.497 e. The molecule has 0 atom stereocenters. The highest BCUT2D eigenvalue weighted by Crippen LogP contribution is 2.34. The molecule has 1 aliphatic heterocycles. The molecule has 1 heterocycles. The van der Waals surface area contributed by atoms with Gasteiger partial charge in [-0.2, -0.15) is 0 Å². The number of nitrogens with zero attached hydrogens (tertiary/aromatic N) is 1. The molecule has 10 heteroatoms. The van der Waals surface area contributed by atoms with Gasteiger partial charge in [-0.3, -0.25) is 19.3 Å². The number of rotatable bonds is 8. The predicted octanol–water partition coefficient (Wildman–Crippen LogP) is 5.85. The minimum Gasteiger partial charge on any atom is -0.497 e. The van der Waals surface area contributed by atoms with E-state index in [1.54, 1.807) is 60.7 Å². The van der Waals surface area contributed by atoms with Gasteiger partial charge in [-0.15, -0.1) is 0 Å². The second-order valence-corrected chi connectivity index (χ2v) is 9.50. The molecule has 0 spiro atoms. The first kappa shape index (κ1) is 25.5. The molecule has 1 aliphatic rings. The van der Waals surface area contributed by atoms with Gasteiger partial charge in [-0.05, 0) is 93.4 Å². The molecule has 0 saturated carbocycles. The van der Waals surface area contributed by atoms with E-state index in [1.807, 2.05) is 0 Å². The van der Waals surface area contributed by atoms with Crippen LogP contribution >= 0.6 is 27.7 Å². The molecule has 3 aromatic carbocycles. The molecule has 0 unspecified atom stereocenters. The standard InChI is InChI=1S/C26H20BrFN2O5S/c1-34-20-8-6-19(7-9-20)29-24(31)14-30-25(32)23(36-26(30)33)13-16-5-10-22(21(27)12-16)35-15-17-3-2-4-18(28)11-17/h2-13H,14-15H2,1H3,(H,29,31)/b23-13+. The van der Waals surface area contributed by atoms with Crippen molar-refractivity contribution in [3.05, 3.63) is 93.1 Å². The van der Waals surface area contributed by atoms with E-state index in [9.17, 15) is 18.8 Å². The SMILES string of the molecule is COc1ccc(NC(=O)CN2C(=O)S/C(=C/c3ccc(OCc4cccc(F)c4)c(Br)c3)C2=O)cc1. The number of benzene rings is 3. The summed E-state index contributed by atoms with van der Waals surface area (Å²) in [5.74, 6) is -0.192. The van der Waals surface area contributed by atoms with Gasteiger partial charge in [0.2, 0.25) is 5.91 Å². The second-order valence-electron chi connectivity index (χ2n) is 7.65. The Morgan fingerprint density at radius 2 is 1.89 bits per heavy atom. The first-order valence-electron chi connectivity index (χ1n) is 10.7. The second kappa shape index (κ2) is 11.4. The molecule has 0 aliphatic carbocycles. The number of anilines is 1. The lowest BCUT2D eigenvalue weighted by Gasteiger charge is -2.12. The molecule has 4 rings (SSSR count). The Morgan fingerprint density at radius 1 is 1.11 bits per heavy atom. The van der Waals surface area contributed by atoms with Crippen LogP contribution in [-0.4, -0.2) is 35.6 Å². The fourth-order valence-electron chi connectivity index (χ4n) is 3.32. The molecular weight excluding hydrogens is 551 g/mol. The number of thioether (sulfide) groups is 1. The molecule has 3 amide bonds. The topological polar surface area (TPSA) is 84.9 Å². The highest BCUT2D eigenvalue weighted by atomic mass is 79.9. The fraction of sp³-hybridized carbons (Fsp3) is 0.115. The molecule has 0 radical (unpaired) electrons. The average molecular weight is 571 g/mol. The molecule has 0 aromatic heterocycles. The summed E-state index contributed by atoms with van der Waals surface area (Å²) in [6, 6.07) is 18.0. The highest BCUT2D eigenvalue weighted by Gasteiger charge is 2.36. The molecule has 1 saturated heterocycles. The molecule has 1 fully saturated rings. The van der Waals surface area contributed by atoms with Gasteiger partial charge in [0.15, 0.2) is 0 Å². The van der Waals surface area contributed by atoms with E-state index in [0.717, 1.165) is 16.7 Å². The summed E-state index contributed by atoms with van der Waals surface area (Å²) in [5, 5.41) is 2.13. The monoisotopic (exact) mass is 570 g/mol. The van der Waals surface area contributed by atoms with E-state index in [1.165, 1.54) is 19.2 Å². The van der Waals surface area contributed by atoms with E-state index in [-0.39, 0.29) is 17.3 Å². The summed E-state index contributed by atoms with van der Waals surface area (Å²) >= 11 is 4.21. The lowest BCUT2D eigenvalue weighted by molar-refractivity contribution is -0.127. The van der Waals surface area contributed by atoms with Crippen LogP contribution in [0.4, 0.5) is 14.9 Å². The number of hydrogen-bond donors (Lipinski definition) is 1. The third-order valence-corrected chi connectivity index (χ3v) is 6.61. The Kier molecular flexibility index (Phi) is 8.07. The van der Waals surface area contributed by atoms with Crippen LogP contribution in [-0.2, 0) is 16.2 Å². The van der Waals surface area contributed by atoms with Crippen LogP contribution in [0.5, 0.6) is 11.5 Å². The van der Waals surface area contributed by atoms with Gasteiger partial charge in [0.25, 0.3) is 11.1 Å². The number of carbonyl (C=O) groups is 3. The van der Waals surface area contributed by atoms with Crippen LogP contribution in [0, 0.1) is 5.82 Å². The molecule has 184 valence electrons. The number of amides is 3. The van der Waals surface area contributed by atoms with Gasteiger partial charge in [0, 0.05) is 5.69 Å². The zero-order valence-corrected chi connectivity index (χ0v) is 21.4. The molecule has 1 N–H and O–H groups in total. The summed E-state index contributed by atoms with van der Waals surface area (Å²) in [6.45, 7) is -0.211. The van der Waals surface area contributed by atoms with Crippen molar-refractivity contribution < 1.29 is 28.2 Å². The van der Waals surface area contributed by atoms with Crippen molar-refractivity contribution in [2.75, 3.05) is 19.0 Å². The quantitative estimate of drug-likeness (QED) is 0.342. The van der Waals surface area contributed by atoms with Gasteiger partial charge in [-0.25, -0.2) is 4.39 Å². The summed E-state index contributed by atoms with van der Waals surface area (Å²) in [7, 11) is 1.54. The number of carbonyl (C=O) groups excluding carboxylic acids is 3. The summed E-state index contributed by atoms with van der Waals surface area (Å²) in [4.78, 5) is 38.7. The van der Waals surface area contributed by atoms with Gasteiger partial charge in [-0.1, -0.05) is 18.2 Å². The minimum atomic E-state index is -0.544. The van der Waals surface area contributed by atoms with Crippen LogP contribution < -0.4 is 14.8 Å². The van der Waals surface area contributed by atoms with E-state index in [2.05, 4.69) is 21.2 Å². The van der Waals surface area contributed by atoms with Crippen LogP contribution in [0.25, 0.3) is 6.08 Å². The van der Waals surface area contributed by atoms with Gasteiger partial charge in [0.1, 0.15) is 30.5 Å². The first-order valence-corrected chi connectivity index (χ1v) is 12.3. The number of hydrogen-bond acceptors (Lipinski definition) is 6. The Balaban J connectivity index is 1.38. The zero-order chi connectivity index (χ0) is 25.7. The first-order chi connectivity index (χ1) is 17.3. The lowest BCUT2D eigenvalue weighted by Crippen LogP contribution is -2.36. The highest BCUT2D eigenvalue weighted by molar-refractivity contribution is 9.10. The minimum absolute atomic E-state index is 0.188. The van der Waals surface area contributed by atoms with E-state index >= 15 is 0 Å². The maximum absolute atomic E-state index is 13.3. The molecule has 3 aromatic rings. The molecular formula is C26H20BrFN2O5S.